The summed E-state index contributed by atoms with van der Waals surface area (Å²) in [6, 6.07) is 35.7. The van der Waals surface area contributed by atoms with Gasteiger partial charge in [-0.15, -0.1) is 0 Å². The number of aliphatic hydroxyl groups is 1. The lowest BCUT2D eigenvalue weighted by Gasteiger charge is -2.33. The second kappa shape index (κ2) is 25.8. The molecular weight excluding hydrogens is 693 g/mol. The summed E-state index contributed by atoms with van der Waals surface area (Å²) >= 11 is 0. The fraction of sp³-hybridized carbons (Fsp3) is 0.370. The summed E-state index contributed by atoms with van der Waals surface area (Å²) in [5.74, 6) is 0. The molecule has 0 aliphatic rings. The lowest BCUT2D eigenvalue weighted by Crippen LogP contribution is -2.55. The maximum Gasteiger partial charge on any atom is 0.408 e. The van der Waals surface area contributed by atoms with Gasteiger partial charge in [0.25, 0.3) is 0 Å². The van der Waals surface area contributed by atoms with E-state index in [4.69, 9.17) is 18.3 Å². The number of ether oxygens (including phenoxy) is 1. The molecule has 0 spiro atoms. The van der Waals surface area contributed by atoms with Gasteiger partial charge < -0.3 is 28.7 Å². The predicted molar refractivity (Wildman–Crippen MR) is 222 cm³/mol. The molecule has 4 aromatic carbocycles. The average Bonchev–Trinajstić information content (AvgIpc) is 3.22. The summed E-state index contributed by atoms with van der Waals surface area (Å²) in [5.41, 5.74) is 6.68. The van der Waals surface area contributed by atoms with Gasteiger partial charge in [-0.3, -0.25) is 0 Å². The smallest absolute Gasteiger partial charge is 0.408 e. The highest BCUT2D eigenvalue weighted by molar-refractivity contribution is 7.41. The summed E-state index contributed by atoms with van der Waals surface area (Å²) in [6.07, 6.45) is 11.2. The third-order valence-corrected chi connectivity index (χ3v) is 9.92. The first-order valence-electron chi connectivity index (χ1n) is 19.1. The average molecular weight is 754 g/mol. The Bertz CT molecular complexity index is 1620. The highest BCUT2D eigenvalue weighted by Crippen LogP contribution is 2.43. The highest BCUT2D eigenvalue weighted by atomic mass is 31.2. The number of carbonyl (C=O) groups excluding carboxylic acids is 1. The van der Waals surface area contributed by atoms with Gasteiger partial charge in [-0.25, -0.2) is 4.79 Å². The van der Waals surface area contributed by atoms with Crippen LogP contribution in [0.4, 0.5) is 4.79 Å². The van der Waals surface area contributed by atoms with Crippen molar-refractivity contribution in [3.05, 3.63) is 166 Å². The molecular formula is C46H60NO6P. The van der Waals surface area contributed by atoms with Crippen LogP contribution >= 0.6 is 8.60 Å². The van der Waals surface area contributed by atoms with Crippen molar-refractivity contribution in [1.29, 1.82) is 0 Å². The zero-order valence-corrected chi connectivity index (χ0v) is 33.7. The summed E-state index contributed by atoms with van der Waals surface area (Å²) in [4.78, 5) is 13.2. The Hall–Kier alpha value is -4.10. The third-order valence-electron chi connectivity index (χ3n) is 8.90. The van der Waals surface area contributed by atoms with Crippen molar-refractivity contribution in [3.63, 3.8) is 0 Å². The molecule has 0 bridgehead atoms. The highest BCUT2D eigenvalue weighted by Gasteiger charge is 2.34. The number of alkyl carbamates (subject to hydrolysis) is 1. The van der Waals surface area contributed by atoms with Crippen LogP contribution in [0.25, 0.3) is 0 Å². The minimum atomic E-state index is -1.85. The molecule has 4 rings (SSSR count). The molecule has 7 nitrogen and oxygen atoms in total. The quantitative estimate of drug-likeness (QED) is 0.0472. The minimum absolute atomic E-state index is 0.0439. The first-order chi connectivity index (χ1) is 26.4. The molecule has 8 heteroatoms. The molecule has 0 aliphatic carbocycles. The van der Waals surface area contributed by atoms with Crippen LogP contribution in [0, 0.1) is 6.92 Å². The zero-order valence-electron chi connectivity index (χ0n) is 32.8. The predicted octanol–water partition coefficient (Wildman–Crippen LogP) is 11.5. The van der Waals surface area contributed by atoms with Crippen molar-refractivity contribution in [2.45, 2.75) is 98.5 Å². The van der Waals surface area contributed by atoms with E-state index in [1.54, 1.807) is 0 Å². The fourth-order valence-electron chi connectivity index (χ4n) is 5.77. The number of unbranched alkanes of at least 4 members (excludes halogenated alkanes) is 1. The number of nitrogens with one attached hydrogen (secondary N) is 1. The van der Waals surface area contributed by atoms with Gasteiger partial charge in [0.1, 0.15) is 6.61 Å². The van der Waals surface area contributed by atoms with Crippen molar-refractivity contribution in [2.75, 3.05) is 13.2 Å². The van der Waals surface area contributed by atoms with Gasteiger partial charge in [-0.05, 0) is 92.7 Å². The van der Waals surface area contributed by atoms with Gasteiger partial charge in [-0.2, -0.15) is 0 Å². The number of carbonyl (C=O) groups is 1. The summed E-state index contributed by atoms with van der Waals surface area (Å²) in [7, 11) is -1.85. The molecule has 0 heterocycles. The molecule has 2 N–H and O–H groups in total. The Morgan fingerprint density at radius 1 is 0.741 bits per heavy atom. The molecule has 290 valence electrons. The Morgan fingerprint density at radius 2 is 1.31 bits per heavy atom. The van der Waals surface area contributed by atoms with E-state index in [0.717, 1.165) is 47.9 Å². The van der Waals surface area contributed by atoms with E-state index >= 15 is 0 Å². The van der Waals surface area contributed by atoms with Gasteiger partial charge in [0, 0.05) is 0 Å². The first-order valence-corrected chi connectivity index (χ1v) is 20.2. The van der Waals surface area contributed by atoms with Crippen LogP contribution in [0.5, 0.6) is 0 Å². The van der Waals surface area contributed by atoms with Crippen molar-refractivity contribution >= 4 is 14.7 Å². The van der Waals surface area contributed by atoms with E-state index in [1.807, 2.05) is 105 Å². The number of hydrogen-bond acceptors (Lipinski definition) is 6. The van der Waals surface area contributed by atoms with Gasteiger partial charge in [0.2, 0.25) is 0 Å². The van der Waals surface area contributed by atoms with Crippen LogP contribution in [0.1, 0.15) is 86.8 Å². The van der Waals surface area contributed by atoms with Crippen LogP contribution in [-0.2, 0) is 51.0 Å². The number of allylic oxidation sites excluding steroid dienone is 4. The molecule has 0 aliphatic heterocycles. The molecule has 4 aromatic rings. The largest absolute Gasteiger partial charge is 0.445 e. The second-order valence-corrected chi connectivity index (χ2v) is 14.2. The number of aliphatic hydroxyl groups excluding tert-OH is 1. The number of rotatable bonds is 22. The molecule has 0 saturated carbocycles. The molecule has 1 amide bonds. The Kier molecular flexibility index (Phi) is 21.2. The van der Waals surface area contributed by atoms with E-state index in [1.165, 1.54) is 16.7 Å². The Balaban J connectivity index is 0.00000385. The van der Waals surface area contributed by atoms with Crippen LogP contribution in [-0.4, -0.2) is 30.0 Å². The third kappa shape index (κ3) is 16.5. The number of aryl methyl sites for hydroxylation is 3. The number of hydrogen-bond donors (Lipinski definition) is 2. The Labute approximate surface area is 325 Å². The van der Waals surface area contributed by atoms with Crippen LogP contribution in [0.3, 0.4) is 0 Å². The van der Waals surface area contributed by atoms with Crippen LogP contribution in [0.2, 0.25) is 0 Å². The van der Waals surface area contributed by atoms with Gasteiger partial charge in [-0.1, -0.05) is 147 Å². The molecule has 1 unspecified atom stereocenters. The summed E-state index contributed by atoms with van der Waals surface area (Å²) in [6.45, 7) is 10.5. The van der Waals surface area contributed by atoms with E-state index in [0.29, 0.717) is 12.8 Å². The Morgan fingerprint density at radius 3 is 1.83 bits per heavy atom. The van der Waals surface area contributed by atoms with E-state index in [-0.39, 0.29) is 33.0 Å². The fourth-order valence-corrected chi connectivity index (χ4v) is 6.85. The van der Waals surface area contributed by atoms with Gasteiger partial charge in [0.15, 0.2) is 0 Å². The van der Waals surface area contributed by atoms with Crippen molar-refractivity contribution in [1.82, 2.24) is 5.32 Å². The maximum atomic E-state index is 13.2. The maximum absolute atomic E-state index is 13.2. The molecule has 0 radical (unpaired) electrons. The zero-order chi connectivity index (χ0) is 38.9. The first kappa shape index (κ1) is 44.3. The molecule has 54 heavy (non-hydrogen) atoms. The molecule has 0 aromatic heterocycles. The van der Waals surface area contributed by atoms with E-state index in [9.17, 15) is 9.90 Å². The minimum Gasteiger partial charge on any atom is -0.445 e. The summed E-state index contributed by atoms with van der Waals surface area (Å²) < 4.78 is 24.2. The van der Waals surface area contributed by atoms with E-state index < -0.39 is 20.2 Å². The second-order valence-electron chi connectivity index (χ2n) is 13.0. The number of amides is 1. The normalized spacial score (nSPS) is 12.6. The number of benzene rings is 4. The van der Waals surface area contributed by atoms with Crippen LogP contribution < -0.4 is 5.32 Å². The van der Waals surface area contributed by atoms with Gasteiger partial charge >= 0.3 is 14.7 Å². The van der Waals surface area contributed by atoms with Crippen molar-refractivity contribution in [3.8, 4) is 0 Å². The molecule has 0 saturated heterocycles. The van der Waals surface area contributed by atoms with Crippen molar-refractivity contribution in [2.24, 2.45) is 0 Å². The summed E-state index contributed by atoms with van der Waals surface area (Å²) in [5, 5.41) is 13.9. The monoisotopic (exact) mass is 753 g/mol. The molecule has 1 atom stereocenters. The lowest BCUT2D eigenvalue weighted by molar-refractivity contribution is 0.0599. The van der Waals surface area contributed by atoms with Gasteiger partial charge in [0.05, 0.1) is 32.0 Å². The molecule has 0 fully saturated rings. The topological polar surface area (TPSA) is 86.3 Å². The standard InChI is InChI=1S/C44H54NO6P.C2H6/c1-4-17-37(5-2)18-15-16-19-38-26-27-42(36(3)30-38)28-29-44(34-46,45-43(47)48-31-39-20-9-6-10-21-39)35-51-52(49-32-40-22-11-7-12-23-40)50-33-41-24-13-8-14-25-41;1-2/h4-14,17,20-27,30,46H,15-16,18-19,28-29,31-35H2,1-3H3,(H,45,47);1-2H3/b17-4-,37-5+;. The SMILES string of the molecule is C/C=C\C(=C/C)CCCCc1ccc(CCC(CO)(COP(OCc2ccccc2)OCc2ccccc2)NC(=O)OCc2ccccc2)c(C)c1.CC. The van der Waals surface area contributed by atoms with Crippen LogP contribution in [0.15, 0.2) is 133 Å². The van der Waals surface area contributed by atoms with E-state index in [2.05, 4.69) is 62.5 Å². The lowest BCUT2D eigenvalue weighted by atomic mass is 9.90. The van der Waals surface area contributed by atoms with Crippen molar-refractivity contribution < 1.29 is 28.2 Å².